The number of benzene rings is 10. The Balaban J connectivity index is 1.08. The van der Waals surface area contributed by atoms with Gasteiger partial charge in [0.15, 0.2) is 0 Å². The fourth-order valence-electron chi connectivity index (χ4n) is 11.0. The van der Waals surface area contributed by atoms with Gasteiger partial charge in [0.2, 0.25) is 0 Å². The molecule has 0 spiro atoms. The van der Waals surface area contributed by atoms with Crippen molar-refractivity contribution in [3.63, 3.8) is 0 Å². The van der Waals surface area contributed by atoms with E-state index in [2.05, 4.69) is 271 Å². The number of fused-ring (bicyclic) bond motifs is 6. The molecule has 2 aliphatic rings. The van der Waals surface area contributed by atoms with Gasteiger partial charge in [-0.25, -0.2) is 4.99 Å². The highest BCUT2D eigenvalue weighted by Gasteiger charge is 2.34. The van der Waals surface area contributed by atoms with Crippen LogP contribution in [0.2, 0.25) is 0 Å². The molecule has 0 bridgehead atoms. The summed E-state index contributed by atoms with van der Waals surface area (Å²) in [6.07, 6.45) is 6.10. The van der Waals surface area contributed by atoms with E-state index in [0.29, 0.717) is 0 Å². The molecule has 3 heteroatoms. The van der Waals surface area contributed by atoms with E-state index in [0.717, 1.165) is 46.9 Å². The van der Waals surface area contributed by atoms with Gasteiger partial charge in [0.05, 0.1) is 16.7 Å². The molecule has 1 aromatic heterocycles. The van der Waals surface area contributed by atoms with E-state index in [1.54, 1.807) is 0 Å². The Bertz CT molecular complexity index is 3850. The predicted octanol–water partition coefficient (Wildman–Crippen LogP) is 17.2. The van der Waals surface area contributed by atoms with Crippen LogP contribution >= 0.6 is 0 Å². The van der Waals surface area contributed by atoms with E-state index >= 15 is 0 Å². The molecule has 1 atom stereocenters. The van der Waals surface area contributed by atoms with Crippen LogP contribution in [0.4, 0.5) is 0 Å². The molecule has 11 aromatic rings. The van der Waals surface area contributed by atoms with Gasteiger partial charge in [-0.15, -0.1) is 0 Å². The largest absolute Gasteiger partial charge is 0.343 e. The number of nitrogens with zero attached hydrogens (tertiary/aromatic N) is 2. The van der Waals surface area contributed by atoms with Gasteiger partial charge in [0, 0.05) is 33.6 Å². The smallest absolute Gasteiger partial charge is 0.115 e. The molecule has 1 N–H and O–H groups in total. The first-order valence-corrected chi connectivity index (χ1v) is 24.7. The number of hydrogen-bond donors (Lipinski definition) is 1. The molecule has 0 saturated heterocycles. The van der Waals surface area contributed by atoms with Gasteiger partial charge in [-0.3, -0.25) is 0 Å². The summed E-state index contributed by atoms with van der Waals surface area (Å²) in [6, 6.07) is 90.6. The van der Waals surface area contributed by atoms with Gasteiger partial charge in [-0.2, -0.15) is 0 Å². The van der Waals surface area contributed by atoms with E-state index in [1.165, 1.54) is 88.6 Å². The number of para-hydroxylation sites is 1. The van der Waals surface area contributed by atoms with E-state index in [1.807, 2.05) is 0 Å². The first-order valence-electron chi connectivity index (χ1n) is 24.7. The molecule has 0 amide bonds. The lowest BCUT2D eigenvalue weighted by molar-refractivity contribution is 0.839. The van der Waals surface area contributed by atoms with Crippen molar-refractivity contribution in [3.8, 4) is 61.3 Å². The number of aliphatic imine (C=N–C) groups is 1. The van der Waals surface area contributed by atoms with Crippen LogP contribution in [-0.2, 0) is 6.42 Å². The van der Waals surface area contributed by atoms with Gasteiger partial charge in [0.25, 0.3) is 0 Å². The summed E-state index contributed by atoms with van der Waals surface area (Å²) in [4.78, 5) is 5.71. The van der Waals surface area contributed by atoms with Crippen molar-refractivity contribution in [2.24, 2.45) is 4.99 Å². The zero-order valence-corrected chi connectivity index (χ0v) is 39.2. The molecule has 2 heterocycles. The molecule has 3 nitrogen and oxygen atoms in total. The molecule has 13 rings (SSSR count). The number of aromatic nitrogens is 1. The van der Waals surface area contributed by atoms with Crippen molar-refractivity contribution in [1.29, 1.82) is 0 Å². The van der Waals surface area contributed by atoms with Gasteiger partial charge in [0.1, 0.15) is 5.84 Å². The van der Waals surface area contributed by atoms with E-state index in [9.17, 15) is 0 Å². The lowest BCUT2D eigenvalue weighted by atomic mass is 9.73. The van der Waals surface area contributed by atoms with Crippen molar-refractivity contribution in [3.05, 3.63) is 283 Å². The molecule has 0 fully saturated rings. The monoisotopic (exact) mass is 907 g/mol. The fraction of sp³-hybridized carbons (Fsp3) is 0.0441. The Morgan fingerprint density at radius 1 is 0.394 bits per heavy atom. The maximum Gasteiger partial charge on any atom is 0.115 e. The average molecular weight is 908 g/mol. The summed E-state index contributed by atoms with van der Waals surface area (Å²) in [7, 11) is 0. The Hall–Kier alpha value is -9.05. The second-order valence-corrected chi connectivity index (χ2v) is 18.6. The molecule has 1 aliphatic heterocycles. The zero-order valence-electron chi connectivity index (χ0n) is 39.2. The van der Waals surface area contributed by atoms with Gasteiger partial charge in [-0.1, -0.05) is 218 Å². The third-order valence-corrected chi connectivity index (χ3v) is 14.4. The van der Waals surface area contributed by atoms with Crippen LogP contribution in [-0.4, -0.2) is 10.4 Å². The van der Waals surface area contributed by atoms with Crippen LogP contribution in [0, 0.1) is 0 Å². The molecule has 1 unspecified atom stereocenters. The third kappa shape index (κ3) is 7.78. The highest BCUT2D eigenvalue weighted by Crippen LogP contribution is 2.49. The maximum atomic E-state index is 5.71. The topological polar surface area (TPSA) is 29.3 Å². The normalized spacial score (nSPS) is 15.0. The zero-order chi connectivity index (χ0) is 47.1. The molecular formula is C68H49N3. The van der Waals surface area contributed by atoms with Gasteiger partial charge >= 0.3 is 0 Å². The molecule has 336 valence electrons. The second kappa shape index (κ2) is 18.1. The first-order chi connectivity index (χ1) is 35.2. The van der Waals surface area contributed by atoms with Gasteiger partial charge < -0.3 is 9.88 Å². The Labute approximate surface area is 415 Å². The number of allylic oxidation sites excluding steroid dienone is 2. The number of hydrogen-bond acceptors (Lipinski definition) is 2. The summed E-state index contributed by atoms with van der Waals surface area (Å²) in [6.45, 7) is 0. The predicted molar refractivity (Wildman–Crippen MR) is 298 cm³/mol. The average Bonchev–Trinajstić information content (AvgIpc) is 3.78. The van der Waals surface area contributed by atoms with Crippen LogP contribution in [0.5, 0.6) is 0 Å². The van der Waals surface area contributed by atoms with Crippen LogP contribution in [0.1, 0.15) is 34.6 Å². The summed E-state index contributed by atoms with van der Waals surface area (Å²) in [5, 5.41) is 6.48. The van der Waals surface area contributed by atoms with E-state index in [-0.39, 0.29) is 5.92 Å². The maximum absolute atomic E-state index is 5.71. The molecule has 0 radical (unpaired) electrons. The van der Waals surface area contributed by atoms with Crippen LogP contribution < -0.4 is 5.32 Å². The Morgan fingerprint density at radius 2 is 0.915 bits per heavy atom. The highest BCUT2D eigenvalue weighted by molar-refractivity contribution is 6.15. The number of rotatable bonds is 8. The minimum Gasteiger partial charge on any atom is -0.343 e. The molecule has 0 saturated carbocycles. The molecule has 71 heavy (non-hydrogen) atoms. The minimum atomic E-state index is -0.116. The summed E-state index contributed by atoms with van der Waals surface area (Å²) in [5.41, 5.74) is 22.3. The van der Waals surface area contributed by atoms with Crippen molar-refractivity contribution in [2.45, 2.75) is 18.8 Å². The second-order valence-electron chi connectivity index (χ2n) is 18.6. The SMILES string of the molecule is C1=C(c2ccccc2)N=C(C2Cc3ccc(-n4c5ccccc5c5cc(-c6ccccc6)cc(-c6ccccc6)c54)cc3-c3cc(-c4ccccc4)cc(-c4ccccc4)c32)N/C(c2ccccc2)=C\C1. The molecule has 1 aliphatic carbocycles. The number of amidine groups is 1. The van der Waals surface area contributed by atoms with Crippen LogP contribution in [0.15, 0.2) is 266 Å². The summed E-state index contributed by atoms with van der Waals surface area (Å²) < 4.78 is 2.52. The van der Waals surface area contributed by atoms with Crippen molar-refractivity contribution in [1.82, 2.24) is 9.88 Å². The Morgan fingerprint density at radius 3 is 1.56 bits per heavy atom. The highest BCUT2D eigenvalue weighted by atomic mass is 15.0. The van der Waals surface area contributed by atoms with Crippen molar-refractivity contribution in [2.75, 3.05) is 0 Å². The lowest BCUT2D eigenvalue weighted by Gasteiger charge is -2.33. The summed E-state index contributed by atoms with van der Waals surface area (Å²) in [5.74, 6) is 0.815. The molecule has 10 aromatic carbocycles. The summed E-state index contributed by atoms with van der Waals surface area (Å²) >= 11 is 0. The van der Waals surface area contributed by atoms with E-state index < -0.39 is 0 Å². The van der Waals surface area contributed by atoms with Crippen molar-refractivity contribution < 1.29 is 0 Å². The quantitative estimate of drug-likeness (QED) is 0.162. The van der Waals surface area contributed by atoms with Crippen LogP contribution in [0.3, 0.4) is 0 Å². The fourth-order valence-corrected chi connectivity index (χ4v) is 11.0. The standard InChI is InChI=1S/C68H49N3/c1-7-22-46(23-8-1)53-41-58(48-26-11-3-12-27-48)66-60(43-53)57-45-55(39-38-52(57)40-62(66)68-69-63(50-30-15-5-16-31-50)35-21-36-64(70-68)51-32-17-6-18-33-51)71-65-37-20-19-34-56(65)61-44-54(47-24-9-2-10-25-47)42-59(67(61)71)49-28-13-4-14-29-49/h1-20,22-39,41-45,62H,21,40H2,(H,69,70)/b63-35-,64-36?. The minimum absolute atomic E-state index is 0.116. The van der Waals surface area contributed by atoms with E-state index in [4.69, 9.17) is 4.99 Å². The lowest BCUT2D eigenvalue weighted by Crippen LogP contribution is -2.32. The molecular weight excluding hydrogens is 859 g/mol. The Kier molecular flexibility index (Phi) is 10.7. The number of nitrogens with one attached hydrogen (secondary N) is 1. The first kappa shape index (κ1) is 42.1. The van der Waals surface area contributed by atoms with Crippen molar-refractivity contribution >= 4 is 39.0 Å². The van der Waals surface area contributed by atoms with Gasteiger partial charge in [-0.05, 0) is 128 Å². The van der Waals surface area contributed by atoms with Crippen LogP contribution in [0.25, 0.3) is 94.5 Å². The third-order valence-electron chi connectivity index (χ3n) is 14.4.